The maximum absolute atomic E-state index is 12.5. The third kappa shape index (κ3) is 5.27. The van der Waals surface area contributed by atoms with Gasteiger partial charge in [0.05, 0.1) is 6.10 Å². The number of carbonyl (C=O) groups is 1. The summed E-state index contributed by atoms with van der Waals surface area (Å²) in [7, 11) is 0. The molecule has 154 valence electrons. The van der Waals surface area contributed by atoms with Crippen molar-refractivity contribution in [3.8, 4) is 5.75 Å². The van der Waals surface area contributed by atoms with E-state index in [0.717, 1.165) is 5.56 Å². The minimum atomic E-state index is -4.38. The molecule has 0 bridgehead atoms. The first kappa shape index (κ1) is 23.5. The summed E-state index contributed by atoms with van der Waals surface area (Å²) in [5.74, 6) is -0.150. The van der Waals surface area contributed by atoms with Gasteiger partial charge in [-0.25, -0.2) is 0 Å². The van der Waals surface area contributed by atoms with Gasteiger partial charge in [-0.3, -0.25) is 4.79 Å². The highest BCUT2D eigenvalue weighted by molar-refractivity contribution is 5.88. The molecule has 0 spiro atoms. The zero-order valence-electron chi connectivity index (χ0n) is 15.6. The van der Waals surface area contributed by atoms with Gasteiger partial charge >= 0.3 is 6.18 Å². The van der Waals surface area contributed by atoms with Crippen LogP contribution in [0.4, 0.5) is 13.2 Å². The molecular weight excluding hydrogens is 385 g/mol. The number of nitrogens with two attached hydrogens (primary N) is 1. The van der Waals surface area contributed by atoms with Gasteiger partial charge in [0.2, 0.25) is 5.91 Å². The van der Waals surface area contributed by atoms with Crippen molar-refractivity contribution in [2.45, 2.75) is 51.6 Å². The van der Waals surface area contributed by atoms with Crippen molar-refractivity contribution >= 4 is 18.3 Å². The van der Waals surface area contributed by atoms with E-state index < -0.39 is 23.7 Å². The molecule has 1 aliphatic carbocycles. The van der Waals surface area contributed by atoms with Gasteiger partial charge < -0.3 is 20.5 Å². The van der Waals surface area contributed by atoms with Crippen LogP contribution in [0.2, 0.25) is 0 Å². The highest BCUT2D eigenvalue weighted by atomic mass is 35.5. The second-order valence-corrected chi connectivity index (χ2v) is 7.07. The van der Waals surface area contributed by atoms with Crippen molar-refractivity contribution in [1.82, 2.24) is 5.32 Å². The maximum atomic E-state index is 12.5. The first-order chi connectivity index (χ1) is 12.0. The van der Waals surface area contributed by atoms with E-state index in [-0.39, 0.29) is 36.7 Å². The summed E-state index contributed by atoms with van der Waals surface area (Å²) in [5, 5.41) is 2.80. The largest absolute Gasteiger partial charge is 0.484 e. The fourth-order valence-electron chi connectivity index (χ4n) is 3.03. The first-order valence-corrected chi connectivity index (χ1v) is 8.47. The van der Waals surface area contributed by atoms with Gasteiger partial charge in [0, 0.05) is 25.0 Å². The van der Waals surface area contributed by atoms with Gasteiger partial charge in [0.15, 0.2) is 6.61 Å². The van der Waals surface area contributed by atoms with Crippen LogP contribution in [0.5, 0.6) is 5.75 Å². The van der Waals surface area contributed by atoms with Crippen molar-refractivity contribution in [3.05, 3.63) is 29.8 Å². The molecule has 1 fully saturated rings. The zero-order chi connectivity index (χ0) is 19.6. The summed E-state index contributed by atoms with van der Waals surface area (Å²) < 4.78 is 46.6. The number of rotatable bonds is 7. The van der Waals surface area contributed by atoms with E-state index in [9.17, 15) is 18.0 Å². The van der Waals surface area contributed by atoms with E-state index >= 15 is 0 Å². The average Bonchev–Trinajstić information content (AvgIpc) is 2.57. The Bertz CT molecular complexity index is 638. The van der Waals surface area contributed by atoms with Crippen LogP contribution in [0, 0.1) is 5.41 Å². The number of halogens is 4. The fourth-order valence-corrected chi connectivity index (χ4v) is 3.03. The smallest absolute Gasteiger partial charge is 0.422 e. The molecule has 3 N–H and O–H groups in total. The molecule has 1 saturated carbocycles. The second-order valence-electron chi connectivity index (χ2n) is 7.07. The van der Waals surface area contributed by atoms with Gasteiger partial charge in [-0.15, -0.1) is 12.4 Å². The monoisotopic (exact) mass is 410 g/mol. The molecule has 1 aromatic rings. The first-order valence-electron chi connectivity index (χ1n) is 8.47. The third-order valence-electron chi connectivity index (χ3n) is 5.01. The maximum Gasteiger partial charge on any atom is 0.422 e. The lowest BCUT2D eigenvalue weighted by atomic mass is 9.54. The molecule has 9 heteroatoms. The lowest BCUT2D eigenvalue weighted by Gasteiger charge is -2.57. The van der Waals surface area contributed by atoms with E-state index in [2.05, 4.69) is 10.1 Å². The SMILES string of the molecule is CCOC1CC(N)(C(=O)NCc2ccc(OCC(F)(F)F)cc2)C1(C)C.Cl. The molecule has 0 aliphatic heterocycles. The molecule has 2 rings (SSSR count). The number of nitrogens with one attached hydrogen (secondary N) is 1. The van der Waals surface area contributed by atoms with Crippen LogP contribution in [0.25, 0.3) is 0 Å². The summed E-state index contributed by atoms with van der Waals surface area (Å²) in [5.41, 5.74) is 5.54. The summed E-state index contributed by atoms with van der Waals surface area (Å²) in [4.78, 5) is 12.5. The molecule has 0 radical (unpaired) electrons. The quantitative estimate of drug-likeness (QED) is 0.724. The number of hydrogen-bond acceptors (Lipinski definition) is 4. The van der Waals surface area contributed by atoms with Gasteiger partial charge in [0.1, 0.15) is 11.3 Å². The topological polar surface area (TPSA) is 73.6 Å². The Balaban J connectivity index is 0.00000364. The minimum Gasteiger partial charge on any atom is -0.484 e. The highest BCUT2D eigenvalue weighted by Gasteiger charge is 2.62. The molecule has 0 heterocycles. The molecular formula is C18H26ClF3N2O3. The summed E-state index contributed by atoms with van der Waals surface area (Å²) >= 11 is 0. The lowest BCUT2D eigenvalue weighted by Crippen LogP contribution is -2.75. The van der Waals surface area contributed by atoms with Gasteiger partial charge in [-0.1, -0.05) is 26.0 Å². The van der Waals surface area contributed by atoms with Crippen molar-refractivity contribution in [2.75, 3.05) is 13.2 Å². The number of ether oxygens (including phenoxy) is 2. The van der Waals surface area contributed by atoms with E-state index in [4.69, 9.17) is 10.5 Å². The summed E-state index contributed by atoms with van der Waals surface area (Å²) in [6, 6.07) is 6.07. The standard InChI is InChI=1S/C18H25F3N2O3.ClH/c1-4-25-14-9-17(22,16(14,2)3)15(24)23-10-12-5-7-13(8-6-12)26-11-18(19,20)21;/h5-8,14H,4,9-11,22H2,1-3H3,(H,23,24);1H. The molecule has 1 aromatic carbocycles. The van der Waals surface area contributed by atoms with E-state index in [1.165, 1.54) is 12.1 Å². The molecule has 2 atom stereocenters. The van der Waals surface area contributed by atoms with E-state index in [0.29, 0.717) is 13.0 Å². The van der Waals surface area contributed by atoms with Crippen LogP contribution in [0.15, 0.2) is 24.3 Å². The lowest BCUT2D eigenvalue weighted by molar-refractivity contribution is -0.170. The van der Waals surface area contributed by atoms with Gasteiger partial charge in [-0.2, -0.15) is 13.2 Å². The fraction of sp³-hybridized carbons (Fsp3) is 0.611. The summed E-state index contributed by atoms with van der Waals surface area (Å²) in [6.45, 7) is 5.16. The Hall–Kier alpha value is -1.51. The van der Waals surface area contributed by atoms with Crippen molar-refractivity contribution in [2.24, 2.45) is 11.1 Å². The number of alkyl halides is 3. The Morgan fingerprint density at radius 2 is 1.89 bits per heavy atom. The van der Waals surface area contributed by atoms with Crippen LogP contribution in [-0.4, -0.2) is 36.9 Å². The zero-order valence-corrected chi connectivity index (χ0v) is 16.4. The van der Waals surface area contributed by atoms with Crippen LogP contribution < -0.4 is 15.8 Å². The average molecular weight is 411 g/mol. The number of carbonyl (C=O) groups excluding carboxylic acids is 1. The van der Waals surface area contributed by atoms with E-state index in [1.54, 1.807) is 12.1 Å². The minimum absolute atomic E-state index is 0. The Morgan fingerprint density at radius 1 is 1.30 bits per heavy atom. The number of hydrogen-bond donors (Lipinski definition) is 2. The van der Waals surface area contributed by atoms with Gasteiger partial charge in [-0.05, 0) is 24.6 Å². The second kappa shape index (κ2) is 8.67. The molecule has 2 unspecified atom stereocenters. The predicted octanol–water partition coefficient (Wildman–Crippen LogP) is 3.20. The van der Waals surface area contributed by atoms with Crippen molar-refractivity contribution in [3.63, 3.8) is 0 Å². The molecule has 0 saturated heterocycles. The molecule has 1 amide bonds. The van der Waals surface area contributed by atoms with Crippen LogP contribution >= 0.6 is 12.4 Å². The number of benzene rings is 1. The van der Waals surface area contributed by atoms with Crippen molar-refractivity contribution < 1.29 is 27.4 Å². The number of amides is 1. The van der Waals surface area contributed by atoms with Crippen LogP contribution in [-0.2, 0) is 16.1 Å². The van der Waals surface area contributed by atoms with E-state index in [1.807, 2.05) is 20.8 Å². The Kier molecular flexibility index (Phi) is 7.55. The van der Waals surface area contributed by atoms with Gasteiger partial charge in [0.25, 0.3) is 0 Å². The molecule has 5 nitrogen and oxygen atoms in total. The molecule has 0 aromatic heterocycles. The summed E-state index contributed by atoms with van der Waals surface area (Å²) in [6.07, 6.45) is -3.99. The molecule has 1 aliphatic rings. The van der Waals surface area contributed by atoms with Crippen LogP contribution in [0.1, 0.15) is 32.8 Å². The Labute approximate surface area is 163 Å². The molecule has 27 heavy (non-hydrogen) atoms. The normalized spacial score (nSPS) is 23.7. The van der Waals surface area contributed by atoms with Crippen molar-refractivity contribution in [1.29, 1.82) is 0 Å². The third-order valence-corrected chi connectivity index (χ3v) is 5.01. The Morgan fingerprint density at radius 3 is 2.37 bits per heavy atom. The van der Waals surface area contributed by atoms with Crippen LogP contribution in [0.3, 0.4) is 0 Å². The predicted molar refractivity (Wildman–Crippen MR) is 97.8 cm³/mol. The highest BCUT2D eigenvalue weighted by Crippen LogP contribution is 2.49.